The maximum absolute atomic E-state index is 9.40. The van der Waals surface area contributed by atoms with Gasteiger partial charge < -0.3 is 15.5 Å². The second-order valence-corrected chi connectivity index (χ2v) is 4.86. The van der Waals surface area contributed by atoms with E-state index in [1.165, 1.54) is 0 Å². The summed E-state index contributed by atoms with van der Waals surface area (Å²) in [4.78, 5) is 4.09. The summed E-state index contributed by atoms with van der Waals surface area (Å²) in [6.07, 6.45) is 4.29. The molecule has 2 rings (SSSR count). The van der Waals surface area contributed by atoms with Crippen LogP contribution < -0.4 is 5.32 Å². The summed E-state index contributed by atoms with van der Waals surface area (Å²) in [5.41, 5.74) is 0.520. The van der Waals surface area contributed by atoms with Crippen LogP contribution in [-0.2, 0) is 6.54 Å². The highest BCUT2D eigenvalue weighted by atomic mass is 16.3. The first-order valence-corrected chi connectivity index (χ1v) is 6.52. The van der Waals surface area contributed by atoms with E-state index in [0.29, 0.717) is 13.0 Å². The van der Waals surface area contributed by atoms with Crippen LogP contribution in [0.2, 0.25) is 0 Å². The van der Waals surface area contributed by atoms with Gasteiger partial charge in [-0.2, -0.15) is 0 Å². The Balaban J connectivity index is 2.13. The van der Waals surface area contributed by atoms with Crippen LogP contribution in [0.5, 0.6) is 0 Å². The van der Waals surface area contributed by atoms with E-state index in [9.17, 15) is 10.2 Å². The molecular weight excluding hydrogens is 240 g/mol. The topological polar surface area (TPSA) is 65.4 Å². The molecule has 0 bridgehead atoms. The average molecular weight is 260 g/mol. The van der Waals surface area contributed by atoms with Crippen LogP contribution in [0.25, 0.3) is 10.8 Å². The normalized spacial score (nSPS) is 11.9. The quantitative estimate of drug-likeness (QED) is 0.735. The van der Waals surface area contributed by atoms with Crippen LogP contribution in [0.15, 0.2) is 36.7 Å². The van der Waals surface area contributed by atoms with Crippen LogP contribution >= 0.6 is 0 Å². The summed E-state index contributed by atoms with van der Waals surface area (Å²) in [5.74, 6) is 0. The van der Waals surface area contributed by atoms with Gasteiger partial charge in [-0.25, -0.2) is 0 Å². The summed E-state index contributed by atoms with van der Waals surface area (Å²) in [7, 11) is 0. The zero-order valence-electron chi connectivity index (χ0n) is 11.1. The van der Waals surface area contributed by atoms with Crippen molar-refractivity contribution in [2.75, 3.05) is 13.2 Å². The fourth-order valence-electron chi connectivity index (χ4n) is 2.04. The predicted molar refractivity (Wildman–Crippen MR) is 75.8 cm³/mol. The molecular formula is C15H20N2O2. The Kier molecular flexibility index (Phi) is 4.47. The van der Waals surface area contributed by atoms with Gasteiger partial charge in [0.25, 0.3) is 0 Å². The molecule has 102 valence electrons. The van der Waals surface area contributed by atoms with Gasteiger partial charge in [0.2, 0.25) is 0 Å². The van der Waals surface area contributed by atoms with Gasteiger partial charge in [-0.1, -0.05) is 19.1 Å². The fourth-order valence-corrected chi connectivity index (χ4v) is 2.04. The van der Waals surface area contributed by atoms with Gasteiger partial charge in [-0.15, -0.1) is 0 Å². The van der Waals surface area contributed by atoms with E-state index in [1.807, 2.05) is 31.3 Å². The lowest BCUT2D eigenvalue weighted by Crippen LogP contribution is -2.50. The third kappa shape index (κ3) is 3.10. The highest BCUT2D eigenvalue weighted by Crippen LogP contribution is 2.16. The summed E-state index contributed by atoms with van der Waals surface area (Å²) in [6, 6.07) is 8.14. The number of aliphatic hydroxyl groups is 2. The minimum Gasteiger partial charge on any atom is -0.394 e. The van der Waals surface area contributed by atoms with Crippen LogP contribution in [0.3, 0.4) is 0 Å². The minimum atomic E-state index is -0.604. The average Bonchev–Trinajstić information content (AvgIpc) is 2.49. The monoisotopic (exact) mass is 260 g/mol. The molecule has 0 aliphatic heterocycles. The molecule has 0 aliphatic carbocycles. The Morgan fingerprint density at radius 3 is 2.63 bits per heavy atom. The second kappa shape index (κ2) is 6.10. The molecule has 1 heterocycles. The maximum atomic E-state index is 9.40. The minimum absolute atomic E-state index is 0.0719. The first kappa shape index (κ1) is 13.9. The Labute approximate surface area is 113 Å². The maximum Gasteiger partial charge on any atom is 0.0648 e. The van der Waals surface area contributed by atoms with Crippen molar-refractivity contribution in [3.8, 4) is 0 Å². The van der Waals surface area contributed by atoms with Crippen molar-refractivity contribution in [3.63, 3.8) is 0 Å². The Hall–Kier alpha value is -1.49. The smallest absolute Gasteiger partial charge is 0.0648 e. The number of benzene rings is 1. The summed E-state index contributed by atoms with van der Waals surface area (Å²) < 4.78 is 0. The van der Waals surface area contributed by atoms with E-state index in [4.69, 9.17) is 0 Å². The third-order valence-corrected chi connectivity index (χ3v) is 3.65. The van der Waals surface area contributed by atoms with Crippen LogP contribution in [0.4, 0.5) is 0 Å². The highest BCUT2D eigenvalue weighted by molar-refractivity contribution is 5.81. The number of hydrogen-bond donors (Lipinski definition) is 3. The van der Waals surface area contributed by atoms with Gasteiger partial charge in [-0.3, -0.25) is 4.98 Å². The Bertz CT molecular complexity index is 530. The largest absolute Gasteiger partial charge is 0.394 e. The number of rotatable bonds is 6. The molecule has 1 aromatic heterocycles. The number of hydrogen-bond acceptors (Lipinski definition) is 4. The number of aliphatic hydroxyl groups excluding tert-OH is 2. The molecule has 0 radical (unpaired) electrons. The van der Waals surface area contributed by atoms with E-state index in [0.717, 1.165) is 16.3 Å². The number of aromatic nitrogens is 1. The second-order valence-electron chi connectivity index (χ2n) is 4.86. The molecule has 4 heteroatoms. The van der Waals surface area contributed by atoms with Crippen molar-refractivity contribution in [3.05, 3.63) is 42.2 Å². The lowest BCUT2D eigenvalue weighted by Gasteiger charge is -2.30. The lowest BCUT2D eigenvalue weighted by molar-refractivity contribution is 0.0864. The fraction of sp³-hybridized carbons (Fsp3) is 0.400. The first-order valence-electron chi connectivity index (χ1n) is 6.52. The van der Waals surface area contributed by atoms with Crippen molar-refractivity contribution < 1.29 is 10.2 Å². The molecule has 1 aromatic carbocycles. The number of pyridine rings is 1. The summed E-state index contributed by atoms with van der Waals surface area (Å²) in [5, 5.41) is 24.3. The van der Waals surface area contributed by atoms with Crippen molar-refractivity contribution in [2.24, 2.45) is 0 Å². The lowest BCUT2D eigenvalue weighted by atomic mass is 9.98. The van der Waals surface area contributed by atoms with Crippen LogP contribution in [-0.4, -0.2) is 33.9 Å². The zero-order chi connectivity index (χ0) is 13.7. The number of nitrogens with one attached hydrogen (secondary N) is 1. The Morgan fingerprint density at radius 2 is 1.95 bits per heavy atom. The summed E-state index contributed by atoms with van der Waals surface area (Å²) >= 11 is 0. The van der Waals surface area contributed by atoms with E-state index >= 15 is 0 Å². The number of nitrogens with zero attached hydrogens (tertiary/aromatic N) is 1. The van der Waals surface area contributed by atoms with Gasteiger partial charge in [0, 0.05) is 24.3 Å². The van der Waals surface area contributed by atoms with Gasteiger partial charge >= 0.3 is 0 Å². The molecule has 0 saturated heterocycles. The third-order valence-electron chi connectivity index (χ3n) is 3.65. The molecule has 19 heavy (non-hydrogen) atoms. The van der Waals surface area contributed by atoms with Crippen LogP contribution in [0.1, 0.15) is 18.9 Å². The standard InChI is InChI=1S/C15H20N2O2/c1-2-15(10-18,11-19)17-8-12-3-4-14-9-16-6-5-13(14)7-12/h3-7,9,17-19H,2,8,10-11H2,1H3. The molecule has 3 N–H and O–H groups in total. The zero-order valence-corrected chi connectivity index (χ0v) is 11.1. The molecule has 0 unspecified atom stereocenters. The highest BCUT2D eigenvalue weighted by Gasteiger charge is 2.25. The van der Waals surface area contributed by atoms with Crippen molar-refractivity contribution >= 4 is 10.8 Å². The van der Waals surface area contributed by atoms with Crippen molar-refractivity contribution in [2.45, 2.75) is 25.4 Å². The molecule has 0 amide bonds. The van der Waals surface area contributed by atoms with Crippen LogP contribution in [0, 0.1) is 0 Å². The van der Waals surface area contributed by atoms with Crippen molar-refractivity contribution in [1.29, 1.82) is 0 Å². The van der Waals surface area contributed by atoms with Gasteiger partial charge in [0.1, 0.15) is 0 Å². The van der Waals surface area contributed by atoms with E-state index in [-0.39, 0.29) is 13.2 Å². The molecule has 0 saturated carbocycles. The van der Waals surface area contributed by atoms with Gasteiger partial charge in [0.05, 0.1) is 18.8 Å². The molecule has 0 aliphatic rings. The molecule has 2 aromatic rings. The predicted octanol–water partition coefficient (Wildman–Crippen LogP) is 1.46. The van der Waals surface area contributed by atoms with Crippen molar-refractivity contribution in [1.82, 2.24) is 10.3 Å². The van der Waals surface area contributed by atoms with E-state index in [1.54, 1.807) is 6.20 Å². The van der Waals surface area contributed by atoms with Gasteiger partial charge in [0.15, 0.2) is 0 Å². The van der Waals surface area contributed by atoms with E-state index in [2.05, 4.69) is 16.4 Å². The summed E-state index contributed by atoms with van der Waals surface area (Å²) in [6.45, 7) is 2.42. The molecule has 0 spiro atoms. The SMILES string of the molecule is CCC(CO)(CO)NCc1ccc2cnccc2c1. The number of fused-ring (bicyclic) bond motifs is 1. The first-order chi connectivity index (χ1) is 9.23. The Morgan fingerprint density at radius 1 is 1.16 bits per heavy atom. The molecule has 0 fully saturated rings. The van der Waals surface area contributed by atoms with E-state index < -0.39 is 5.54 Å². The van der Waals surface area contributed by atoms with Gasteiger partial charge in [-0.05, 0) is 29.5 Å². The molecule has 4 nitrogen and oxygen atoms in total. The molecule has 0 atom stereocenters.